The lowest BCUT2D eigenvalue weighted by Gasteiger charge is -2.12. The van der Waals surface area contributed by atoms with Crippen LogP contribution in [-0.2, 0) is 6.54 Å². The summed E-state index contributed by atoms with van der Waals surface area (Å²) in [7, 11) is 1.49. The molecule has 0 radical (unpaired) electrons. The van der Waals surface area contributed by atoms with E-state index in [4.69, 9.17) is 9.47 Å². The van der Waals surface area contributed by atoms with Gasteiger partial charge >= 0.3 is 6.18 Å². The van der Waals surface area contributed by atoms with E-state index < -0.39 is 18.5 Å². The summed E-state index contributed by atoms with van der Waals surface area (Å²) in [6.07, 6.45) is -3.04. The maximum atomic E-state index is 12.8. The van der Waals surface area contributed by atoms with Crippen LogP contribution in [0.25, 0.3) is 6.08 Å². The van der Waals surface area contributed by atoms with Crippen molar-refractivity contribution >= 4 is 11.9 Å². The number of Topliss-reactive ketones (excluding diaryl/α,β-unsaturated/α-hetero) is 1. The Balaban J connectivity index is 2.43. The molecule has 2 aromatic rings. The molecule has 0 N–H and O–H groups in total. The van der Waals surface area contributed by atoms with Gasteiger partial charge in [-0.15, -0.1) is 0 Å². The SMILES string of the molecule is CCOc1cc(/C=C(\C#N)C(=O)c2cc(C)n(CC(F)(F)F)c2C)ccc1OC. The summed E-state index contributed by atoms with van der Waals surface area (Å²) in [5, 5.41) is 9.46. The van der Waals surface area contributed by atoms with Gasteiger partial charge in [-0.3, -0.25) is 4.79 Å². The molecule has 0 aliphatic rings. The average Bonchev–Trinajstić information content (AvgIpc) is 2.93. The number of halogens is 3. The first-order chi connectivity index (χ1) is 13.6. The fourth-order valence-electron chi connectivity index (χ4n) is 2.97. The van der Waals surface area contributed by atoms with E-state index in [-0.39, 0.29) is 16.8 Å². The van der Waals surface area contributed by atoms with Crippen LogP contribution in [0.5, 0.6) is 11.5 Å². The minimum atomic E-state index is -4.42. The van der Waals surface area contributed by atoms with Gasteiger partial charge in [-0.25, -0.2) is 0 Å². The molecule has 0 saturated carbocycles. The van der Waals surface area contributed by atoms with Crippen LogP contribution in [0.1, 0.15) is 34.2 Å². The number of aryl methyl sites for hydroxylation is 1. The molecule has 0 unspecified atom stereocenters. The van der Waals surface area contributed by atoms with Crippen molar-refractivity contribution in [3.05, 3.63) is 52.4 Å². The van der Waals surface area contributed by atoms with Gasteiger partial charge in [-0.05, 0) is 50.6 Å². The Morgan fingerprint density at radius 1 is 1.24 bits per heavy atom. The quantitative estimate of drug-likeness (QED) is 0.374. The molecule has 8 heteroatoms. The van der Waals surface area contributed by atoms with Gasteiger partial charge in [0.15, 0.2) is 11.5 Å². The van der Waals surface area contributed by atoms with Crippen molar-refractivity contribution in [3.63, 3.8) is 0 Å². The standard InChI is InChI=1S/C21H21F3N2O3/c1-5-29-19-10-15(6-7-18(19)28-4)9-16(11-25)20(27)17-8-13(2)26(14(17)3)12-21(22,23)24/h6-10H,5,12H2,1-4H3/b16-9+. The van der Waals surface area contributed by atoms with Gasteiger partial charge in [0.25, 0.3) is 0 Å². The molecular weight excluding hydrogens is 385 g/mol. The summed E-state index contributed by atoms with van der Waals surface area (Å²) in [4.78, 5) is 12.8. The number of allylic oxidation sites excluding steroid dienone is 1. The van der Waals surface area contributed by atoms with Gasteiger partial charge < -0.3 is 14.0 Å². The fourth-order valence-corrected chi connectivity index (χ4v) is 2.97. The van der Waals surface area contributed by atoms with Crippen LogP contribution in [0.4, 0.5) is 13.2 Å². The van der Waals surface area contributed by atoms with E-state index in [9.17, 15) is 23.2 Å². The third kappa shape index (κ3) is 5.19. The number of ether oxygens (including phenoxy) is 2. The van der Waals surface area contributed by atoms with Crippen molar-refractivity contribution in [1.29, 1.82) is 5.26 Å². The smallest absolute Gasteiger partial charge is 0.406 e. The Morgan fingerprint density at radius 3 is 2.48 bits per heavy atom. The summed E-state index contributed by atoms with van der Waals surface area (Å²) in [6.45, 7) is 3.94. The molecule has 0 bridgehead atoms. The highest BCUT2D eigenvalue weighted by Crippen LogP contribution is 2.30. The molecule has 0 aliphatic heterocycles. The number of alkyl halides is 3. The molecule has 5 nitrogen and oxygen atoms in total. The van der Waals surface area contributed by atoms with Gasteiger partial charge in [-0.2, -0.15) is 18.4 Å². The Kier molecular flexibility index (Phi) is 6.75. The van der Waals surface area contributed by atoms with Crippen molar-refractivity contribution in [2.75, 3.05) is 13.7 Å². The van der Waals surface area contributed by atoms with Gasteiger partial charge in [0.1, 0.15) is 18.2 Å². The molecule has 0 fully saturated rings. The number of carbonyl (C=O) groups is 1. The first-order valence-corrected chi connectivity index (χ1v) is 8.82. The summed E-state index contributed by atoms with van der Waals surface area (Å²) in [5.41, 5.74) is 0.866. The van der Waals surface area contributed by atoms with E-state index in [1.807, 2.05) is 13.0 Å². The monoisotopic (exact) mass is 406 g/mol. The first kappa shape index (κ1) is 22.1. The van der Waals surface area contributed by atoms with Crippen LogP contribution < -0.4 is 9.47 Å². The molecule has 0 aliphatic carbocycles. The van der Waals surface area contributed by atoms with Crippen LogP contribution in [0.15, 0.2) is 29.8 Å². The first-order valence-electron chi connectivity index (χ1n) is 8.82. The molecule has 0 saturated heterocycles. The van der Waals surface area contributed by atoms with E-state index >= 15 is 0 Å². The minimum absolute atomic E-state index is 0.0677. The molecular formula is C21H21F3N2O3. The highest BCUT2D eigenvalue weighted by Gasteiger charge is 2.30. The topological polar surface area (TPSA) is 64.2 Å². The number of benzene rings is 1. The maximum absolute atomic E-state index is 12.8. The molecule has 0 atom stereocenters. The Hall–Kier alpha value is -3.21. The van der Waals surface area contributed by atoms with Crippen molar-refractivity contribution in [3.8, 4) is 17.6 Å². The van der Waals surface area contributed by atoms with Crippen LogP contribution in [0, 0.1) is 25.2 Å². The number of hydrogen-bond acceptors (Lipinski definition) is 4. The minimum Gasteiger partial charge on any atom is -0.493 e. The number of methoxy groups -OCH3 is 1. The van der Waals surface area contributed by atoms with Crippen LogP contribution in [0.3, 0.4) is 0 Å². The molecule has 1 aromatic heterocycles. The molecule has 0 amide bonds. The van der Waals surface area contributed by atoms with Crippen molar-refractivity contribution in [2.45, 2.75) is 33.5 Å². The largest absolute Gasteiger partial charge is 0.493 e. The summed E-state index contributed by atoms with van der Waals surface area (Å²) in [5.74, 6) is 0.323. The fraction of sp³-hybridized carbons (Fsp3) is 0.333. The number of nitrogens with zero attached hydrogens (tertiary/aromatic N) is 2. The van der Waals surface area contributed by atoms with Crippen LogP contribution in [0.2, 0.25) is 0 Å². The number of ketones is 1. The van der Waals surface area contributed by atoms with E-state index in [0.29, 0.717) is 29.4 Å². The third-order valence-electron chi connectivity index (χ3n) is 4.32. The zero-order valence-electron chi connectivity index (χ0n) is 16.6. The van der Waals surface area contributed by atoms with Crippen LogP contribution in [-0.4, -0.2) is 30.2 Å². The second kappa shape index (κ2) is 8.86. The molecule has 1 aromatic carbocycles. The number of rotatable bonds is 7. The van der Waals surface area contributed by atoms with Crippen LogP contribution >= 0.6 is 0 Å². The highest BCUT2D eigenvalue weighted by atomic mass is 19.4. The number of aromatic nitrogens is 1. The molecule has 1 heterocycles. The molecule has 154 valence electrons. The van der Waals surface area contributed by atoms with Crippen molar-refractivity contribution in [1.82, 2.24) is 4.57 Å². The molecule has 29 heavy (non-hydrogen) atoms. The lowest BCUT2D eigenvalue weighted by atomic mass is 10.0. The van der Waals surface area contributed by atoms with E-state index in [1.54, 1.807) is 18.2 Å². The van der Waals surface area contributed by atoms with Gasteiger partial charge in [0, 0.05) is 17.0 Å². The molecule has 0 spiro atoms. The van der Waals surface area contributed by atoms with Gasteiger partial charge in [0.05, 0.1) is 13.7 Å². The number of nitriles is 1. The third-order valence-corrected chi connectivity index (χ3v) is 4.32. The van der Waals surface area contributed by atoms with E-state index in [1.165, 1.54) is 33.1 Å². The summed E-state index contributed by atoms with van der Waals surface area (Å²) < 4.78 is 50.1. The maximum Gasteiger partial charge on any atom is 0.406 e. The Labute approximate surface area is 167 Å². The number of hydrogen-bond donors (Lipinski definition) is 0. The number of carbonyl (C=O) groups excluding carboxylic acids is 1. The predicted molar refractivity (Wildman–Crippen MR) is 102 cm³/mol. The van der Waals surface area contributed by atoms with Gasteiger partial charge in [0.2, 0.25) is 5.78 Å². The van der Waals surface area contributed by atoms with E-state index in [0.717, 1.165) is 4.57 Å². The van der Waals surface area contributed by atoms with Crippen molar-refractivity contribution < 1.29 is 27.4 Å². The van der Waals surface area contributed by atoms with E-state index in [2.05, 4.69) is 0 Å². The summed E-state index contributed by atoms with van der Waals surface area (Å²) >= 11 is 0. The predicted octanol–water partition coefficient (Wildman–Crippen LogP) is 4.86. The van der Waals surface area contributed by atoms with Gasteiger partial charge in [-0.1, -0.05) is 6.07 Å². The molecule has 2 rings (SSSR count). The zero-order chi connectivity index (χ0) is 21.8. The Morgan fingerprint density at radius 2 is 1.93 bits per heavy atom. The lowest BCUT2D eigenvalue weighted by Crippen LogP contribution is -2.19. The highest BCUT2D eigenvalue weighted by molar-refractivity contribution is 6.14. The summed E-state index contributed by atoms with van der Waals surface area (Å²) in [6, 6.07) is 8.13. The Bertz CT molecular complexity index is 982. The second-order valence-electron chi connectivity index (χ2n) is 6.33. The lowest BCUT2D eigenvalue weighted by molar-refractivity contribution is -0.141. The second-order valence-corrected chi connectivity index (χ2v) is 6.33. The normalized spacial score (nSPS) is 11.9. The average molecular weight is 406 g/mol. The zero-order valence-corrected chi connectivity index (χ0v) is 16.6. The van der Waals surface area contributed by atoms with Crippen molar-refractivity contribution in [2.24, 2.45) is 0 Å².